The number of hydrogen-bond acceptors (Lipinski definition) is 2. The Kier molecular flexibility index (Phi) is 8.40. The van der Waals surface area contributed by atoms with Crippen molar-refractivity contribution < 1.29 is 14.7 Å². The summed E-state index contributed by atoms with van der Waals surface area (Å²) >= 11 is 0. The maximum absolute atomic E-state index is 13.5. The SMILES string of the molecule is CC1=C(C)c2cc(C(=O)NC(C)c3cccc4ccccc34)ccc2C(C)C(Cc2ccc(-c3ccccc3C(=O)O)cc2)C1. The summed E-state index contributed by atoms with van der Waals surface area (Å²) in [5.41, 5.74) is 10.00. The van der Waals surface area contributed by atoms with Gasteiger partial charge in [0.2, 0.25) is 0 Å². The minimum atomic E-state index is -0.918. The predicted octanol–water partition coefficient (Wildman–Crippen LogP) is 9.86. The summed E-state index contributed by atoms with van der Waals surface area (Å²) in [5, 5.41) is 15.2. The molecule has 2 N–H and O–H groups in total. The molecule has 0 fully saturated rings. The van der Waals surface area contributed by atoms with E-state index < -0.39 is 5.97 Å². The van der Waals surface area contributed by atoms with Crippen LogP contribution in [-0.4, -0.2) is 17.0 Å². The molecule has 3 atom stereocenters. The van der Waals surface area contributed by atoms with Crippen LogP contribution in [0.2, 0.25) is 0 Å². The van der Waals surface area contributed by atoms with Gasteiger partial charge in [-0.3, -0.25) is 4.79 Å². The number of carboxylic acids is 1. The third-order valence-electron chi connectivity index (χ3n) is 9.68. The van der Waals surface area contributed by atoms with Crippen molar-refractivity contribution in [2.24, 2.45) is 5.92 Å². The first-order valence-corrected chi connectivity index (χ1v) is 15.7. The molecule has 0 saturated carbocycles. The zero-order valence-corrected chi connectivity index (χ0v) is 26.3. The number of carbonyl (C=O) groups excluding carboxylic acids is 1. The Morgan fingerprint density at radius 2 is 1.56 bits per heavy atom. The van der Waals surface area contributed by atoms with E-state index >= 15 is 0 Å². The largest absolute Gasteiger partial charge is 0.478 e. The molecular formula is C41H39NO3. The molecule has 3 unspecified atom stereocenters. The Morgan fingerprint density at radius 1 is 0.844 bits per heavy atom. The average molecular weight is 594 g/mol. The van der Waals surface area contributed by atoms with E-state index in [0.717, 1.165) is 40.5 Å². The van der Waals surface area contributed by atoms with Crippen LogP contribution in [0.1, 0.15) is 89.0 Å². The van der Waals surface area contributed by atoms with Crippen LogP contribution in [0.3, 0.4) is 0 Å². The first-order valence-electron chi connectivity index (χ1n) is 15.7. The van der Waals surface area contributed by atoms with Crippen molar-refractivity contribution in [3.8, 4) is 11.1 Å². The first kappa shape index (κ1) is 30.1. The minimum absolute atomic E-state index is 0.0679. The molecule has 4 nitrogen and oxygen atoms in total. The Balaban J connectivity index is 1.22. The van der Waals surface area contributed by atoms with Gasteiger partial charge in [-0.1, -0.05) is 103 Å². The molecule has 5 aromatic carbocycles. The van der Waals surface area contributed by atoms with E-state index in [9.17, 15) is 14.7 Å². The molecule has 6 rings (SSSR count). The summed E-state index contributed by atoms with van der Waals surface area (Å²) in [5.74, 6) is -0.295. The van der Waals surface area contributed by atoms with Gasteiger partial charge in [0.25, 0.3) is 5.91 Å². The summed E-state index contributed by atoms with van der Waals surface area (Å²) in [6, 6.07) is 36.0. The Hall–Kier alpha value is -4.96. The van der Waals surface area contributed by atoms with Crippen LogP contribution in [0.15, 0.2) is 115 Å². The lowest BCUT2D eigenvalue weighted by atomic mass is 9.80. The van der Waals surface area contributed by atoms with E-state index in [4.69, 9.17) is 0 Å². The monoisotopic (exact) mass is 593 g/mol. The van der Waals surface area contributed by atoms with Crippen LogP contribution < -0.4 is 5.32 Å². The number of carboxylic acid groups (broad SMARTS) is 1. The number of fused-ring (bicyclic) bond motifs is 2. The van der Waals surface area contributed by atoms with Crippen LogP contribution in [-0.2, 0) is 6.42 Å². The van der Waals surface area contributed by atoms with Gasteiger partial charge in [0.15, 0.2) is 0 Å². The van der Waals surface area contributed by atoms with Crippen LogP contribution in [0, 0.1) is 5.92 Å². The zero-order valence-electron chi connectivity index (χ0n) is 26.3. The second-order valence-corrected chi connectivity index (χ2v) is 12.5. The van der Waals surface area contributed by atoms with Crippen LogP contribution in [0.5, 0.6) is 0 Å². The average Bonchev–Trinajstić information content (AvgIpc) is 3.14. The number of carbonyl (C=O) groups is 2. The van der Waals surface area contributed by atoms with Crippen molar-refractivity contribution in [2.45, 2.75) is 52.5 Å². The van der Waals surface area contributed by atoms with Crippen molar-refractivity contribution in [3.05, 3.63) is 148 Å². The number of allylic oxidation sites excluding steroid dienone is 2. The van der Waals surface area contributed by atoms with E-state index in [1.54, 1.807) is 12.1 Å². The maximum Gasteiger partial charge on any atom is 0.336 e. The third kappa shape index (κ3) is 6.06. The van der Waals surface area contributed by atoms with Gasteiger partial charge in [-0.2, -0.15) is 0 Å². The van der Waals surface area contributed by atoms with Gasteiger partial charge in [0, 0.05) is 5.56 Å². The Labute approximate surface area is 265 Å². The van der Waals surface area contributed by atoms with Crippen molar-refractivity contribution in [3.63, 3.8) is 0 Å². The first-order chi connectivity index (χ1) is 21.7. The lowest BCUT2D eigenvalue weighted by Crippen LogP contribution is -2.27. The normalized spacial score (nSPS) is 17.0. The molecule has 0 saturated heterocycles. The molecule has 1 aliphatic carbocycles. The second-order valence-electron chi connectivity index (χ2n) is 12.5. The number of benzene rings is 5. The van der Waals surface area contributed by atoms with Gasteiger partial charge >= 0.3 is 5.97 Å². The van der Waals surface area contributed by atoms with Gasteiger partial charge in [0.1, 0.15) is 0 Å². The molecule has 4 heteroatoms. The van der Waals surface area contributed by atoms with E-state index in [0.29, 0.717) is 23.0 Å². The highest BCUT2D eigenvalue weighted by Gasteiger charge is 2.28. The quantitative estimate of drug-likeness (QED) is 0.197. The number of rotatable bonds is 7. The highest BCUT2D eigenvalue weighted by molar-refractivity contribution is 5.97. The lowest BCUT2D eigenvalue weighted by molar-refractivity contribution is 0.0697. The van der Waals surface area contributed by atoms with Crippen molar-refractivity contribution >= 4 is 28.2 Å². The lowest BCUT2D eigenvalue weighted by Gasteiger charge is -2.24. The van der Waals surface area contributed by atoms with E-state index in [2.05, 4.69) is 74.6 Å². The molecular weight excluding hydrogens is 554 g/mol. The van der Waals surface area contributed by atoms with Crippen LogP contribution in [0.4, 0.5) is 0 Å². The summed E-state index contributed by atoms with van der Waals surface area (Å²) in [6.07, 6.45) is 1.89. The Bertz CT molecular complexity index is 1930. The fourth-order valence-electron chi connectivity index (χ4n) is 6.91. The molecule has 5 aromatic rings. The van der Waals surface area contributed by atoms with Gasteiger partial charge < -0.3 is 10.4 Å². The Morgan fingerprint density at radius 3 is 2.33 bits per heavy atom. The van der Waals surface area contributed by atoms with Crippen molar-refractivity contribution in [1.29, 1.82) is 0 Å². The van der Waals surface area contributed by atoms with E-state index in [1.807, 2.05) is 55.5 Å². The smallest absolute Gasteiger partial charge is 0.336 e. The minimum Gasteiger partial charge on any atom is -0.478 e. The van der Waals surface area contributed by atoms with Gasteiger partial charge in [-0.25, -0.2) is 4.79 Å². The van der Waals surface area contributed by atoms with Crippen molar-refractivity contribution in [2.75, 3.05) is 0 Å². The number of hydrogen-bond donors (Lipinski definition) is 2. The molecule has 1 aliphatic rings. The molecule has 0 heterocycles. The molecule has 0 aliphatic heterocycles. The summed E-state index contributed by atoms with van der Waals surface area (Å²) in [7, 11) is 0. The van der Waals surface area contributed by atoms with Crippen LogP contribution in [0.25, 0.3) is 27.5 Å². The second kappa shape index (κ2) is 12.6. The highest BCUT2D eigenvalue weighted by Crippen LogP contribution is 2.42. The fourth-order valence-corrected chi connectivity index (χ4v) is 6.91. The molecule has 0 radical (unpaired) electrons. The number of aromatic carboxylic acids is 1. The molecule has 1 amide bonds. The molecule has 226 valence electrons. The summed E-state index contributed by atoms with van der Waals surface area (Å²) in [6.45, 7) is 8.74. The predicted molar refractivity (Wildman–Crippen MR) is 184 cm³/mol. The summed E-state index contributed by atoms with van der Waals surface area (Å²) < 4.78 is 0. The van der Waals surface area contributed by atoms with Gasteiger partial charge in [-0.15, -0.1) is 0 Å². The van der Waals surface area contributed by atoms with Gasteiger partial charge in [0.05, 0.1) is 11.6 Å². The molecule has 0 aromatic heterocycles. The zero-order chi connectivity index (χ0) is 31.7. The highest BCUT2D eigenvalue weighted by atomic mass is 16.4. The fraction of sp³-hybridized carbons (Fsp3) is 0.220. The molecule has 0 bridgehead atoms. The van der Waals surface area contributed by atoms with E-state index in [-0.39, 0.29) is 11.9 Å². The maximum atomic E-state index is 13.5. The standard InChI is InChI=1S/C41H39NO3/c1-25-22-33(23-29-16-18-31(19-17-29)37-13-7-8-14-38(37)41(44)45)27(3)34-21-20-32(24-39(34)26(25)2)40(43)42-28(4)35-15-9-11-30-10-5-6-12-36(30)35/h5-21,24,27-28,33H,22-23H2,1-4H3,(H,42,43)(H,44,45). The van der Waals surface area contributed by atoms with Crippen LogP contribution >= 0.6 is 0 Å². The summed E-state index contributed by atoms with van der Waals surface area (Å²) in [4.78, 5) is 25.3. The number of amides is 1. The number of nitrogens with one attached hydrogen (secondary N) is 1. The topological polar surface area (TPSA) is 66.4 Å². The third-order valence-corrected chi connectivity index (χ3v) is 9.68. The van der Waals surface area contributed by atoms with E-state index in [1.165, 1.54) is 27.7 Å². The van der Waals surface area contributed by atoms with Gasteiger partial charge in [-0.05, 0) is 113 Å². The molecule has 45 heavy (non-hydrogen) atoms. The molecule has 0 spiro atoms. The van der Waals surface area contributed by atoms with Crippen molar-refractivity contribution in [1.82, 2.24) is 5.32 Å².